The molecule has 6 nitrogen and oxygen atoms in total. The highest BCUT2D eigenvalue weighted by atomic mass is 16.2. The molecule has 0 fully saturated rings. The Labute approximate surface area is 157 Å². The third kappa shape index (κ3) is 3.14. The number of imide groups is 1. The van der Waals surface area contributed by atoms with Crippen molar-refractivity contribution in [3.05, 3.63) is 71.9 Å². The molecule has 0 unspecified atom stereocenters. The highest BCUT2D eigenvalue weighted by Crippen LogP contribution is 2.23. The van der Waals surface area contributed by atoms with E-state index in [1.165, 1.54) is 4.90 Å². The number of carbonyl (C=O) groups is 2. The first kappa shape index (κ1) is 17.1. The number of aryl methyl sites for hydroxylation is 1. The van der Waals surface area contributed by atoms with Crippen molar-refractivity contribution >= 4 is 11.8 Å². The van der Waals surface area contributed by atoms with Crippen molar-refractivity contribution < 1.29 is 9.59 Å². The summed E-state index contributed by atoms with van der Waals surface area (Å²) in [6, 6.07) is 10.9. The third-order valence-corrected chi connectivity index (χ3v) is 4.94. The van der Waals surface area contributed by atoms with E-state index in [4.69, 9.17) is 0 Å². The van der Waals surface area contributed by atoms with Crippen molar-refractivity contribution in [2.24, 2.45) is 0 Å². The number of fused-ring (bicyclic) bond motifs is 1. The van der Waals surface area contributed by atoms with Crippen LogP contribution in [0.15, 0.2) is 55.1 Å². The van der Waals surface area contributed by atoms with Crippen LogP contribution >= 0.6 is 0 Å². The summed E-state index contributed by atoms with van der Waals surface area (Å²) in [6.45, 7) is 3.28. The number of aromatic nitrogens is 3. The van der Waals surface area contributed by atoms with E-state index in [-0.39, 0.29) is 11.8 Å². The SMILES string of the molecule is Cc1c(-c2cccnc2)ncn1CCCCN1C(=O)c2ccccc2C1=O. The Hall–Kier alpha value is -3.28. The molecular weight excluding hydrogens is 340 g/mol. The number of rotatable bonds is 6. The fraction of sp³-hybridized carbons (Fsp3) is 0.238. The summed E-state index contributed by atoms with van der Waals surface area (Å²) < 4.78 is 2.10. The van der Waals surface area contributed by atoms with Gasteiger partial charge in [-0.25, -0.2) is 4.98 Å². The molecule has 2 amide bonds. The molecule has 3 heterocycles. The van der Waals surface area contributed by atoms with Crippen LogP contribution in [0.25, 0.3) is 11.3 Å². The molecule has 4 rings (SSSR count). The van der Waals surface area contributed by atoms with Gasteiger partial charge in [0.05, 0.1) is 23.1 Å². The molecule has 136 valence electrons. The second kappa shape index (κ2) is 7.15. The minimum atomic E-state index is -0.187. The summed E-state index contributed by atoms with van der Waals surface area (Å²) >= 11 is 0. The van der Waals surface area contributed by atoms with Crippen LogP contribution in [0.4, 0.5) is 0 Å². The van der Waals surface area contributed by atoms with Gasteiger partial charge in [-0.15, -0.1) is 0 Å². The summed E-state index contributed by atoms with van der Waals surface area (Å²) in [7, 11) is 0. The van der Waals surface area contributed by atoms with E-state index in [1.807, 2.05) is 31.6 Å². The maximum atomic E-state index is 12.4. The number of pyridine rings is 1. The predicted octanol–water partition coefficient (Wildman–Crippen LogP) is 3.33. The lowest BCUT2D eigenvalue weighted by Crippen LogP contribution is -2.30. The molecule has 0 radical (unpaired) electrons. The van der Waals surface area contributed by atoms with Crippen LogP contribution in [-0.2, 0) is 6.54 Å². The van der Waals surface area contributed by atoms with E-state index in [0.717, 1.165) is 36.3 Å². The largest absolute Gasteiger partial charge is 0.334 e. The molecule has 27 heavy (non-hydrogen) atoms. The second-order valence-electron chi connectivity index (χ2n) is 6.63. The predicted molar refractivity (Wildman–Crippen MR) is 101 cm³/mol. The smallest absolute Gasteiger partial charge is 0.261 e. The maximum Gasteiger partial charge on any atom is 0.261 e. The molecule has 0 atom stereocenters. The van der Waals surface area contributed by atoms with E-state index in [9.17, 15) is 9.59 Å². The van der Waals surface area contributed by atoms with Crippen molar-refractivity contribution in [3.63, 3.8) is 0 Å². The summed E-state index contributed by atoms with van der Waals surface area (Å²) in [5, 5.41) is 0. The van der Waals surface area contributed by atoms with Gasteiger partial charge in [-0.1, -0.05) is 12.1 Å². The average Bonchev–Trinajstić information content (AvgIpc) is 3.18. The third-order valence-electron chi connectivity index (χ3n) is 4.94. The van der Waals surface area contributed by atoms with Gasteiger partial charge in [-0.3, -0.25) is 19.5 Å². The number of nitrogens with zero attached hydrogens (tertiary/aromatic N) is 4. The zero-order valence-corrected chi connectivity index (χ0v) is 15.1. The number of imidazole rings is 1. The fourth-order valence-electron chi connectivity index (χ4n) is 3.45. The quantitative estimate of drug-likeness (QED) is 0.499. The summed E-state index contributed by atoms with van der Waals surface area (Å²) in [5.74, 6) is -0.374. The Morgan fingerprint density at radius 3 is 2.30 bits per heavy atom. The second-order valence-corrected chi connectivity index (χ2v) is 6.63. The van der Waals surface area contributed by atoms with Gasteiger partial charge in [0, 0.05) is 36.7 Å². The zero-order chi connectivity index (χ0) is 18.8. The Morgan fingerprint density at radius 1 is 0.926 bits per heavy atom. The van der Waals surface area contributed by atoms with E-state index in [1.54, 1.807) is 30.5 Å². The number of hydrogen-bond donors (Lipinski definition) is 0. The molecule has 0 saturated carbocycles. The first-order valence-electron chi connectivity index (χ1n) is 9.04. The van der Waals surface area contributed by atoms with Gasteiger partial charge in [-0.05, 0) is 44.0 Å². The molecule has 0 saturated heterocycles. The molecule has 0 aliphatic carbocycles. The molecule has 1 aromatic carbocycles. The van der Waals surface area contributed by atoms with Gasteiger partial charge in [0.2, 0.25) is 0 Å². The molecule has 6 heteroatoms. The molecular formula is C21H20N4O2. The lowest BCUT2D eigenvalue weighted by Gasteiger charge is -2.14. The van der Waals surface area contributed by atoms with Crippen LogP contribution in [0, 0.1) is 6.92 Å². The number of benzene rings is 1. The van der Waals surface area contributed by atoms with E-state index < -0.39 is 0 Å². The molecule has 3 aromatic rings. The first-order chi connectivity index (χ1) is 13.2. The van der Waals surface area contributed by atoms with Crippen molar-refractivity contribution in [1.82, 2.24) is 19.4 Å². The first-order valence-corrected chi connectivity index (χ1v) is 9.04. The minimum absolute atomic E-state index is 0.187. The number of hydrogen-bond acceptors (Lipinski definition) is 4. The summed E-state index contributed by atoms with van der Waals surface area (Å²) in [6.07, 6.45) is 7.00. The van der Waals surface area contributed by atoms with Gasteiger partial charge in [0.15, 0.2) is 0 Å². The molecule has 1 aliphatic rings. The van der Waals surface area contributed by atoms with Gasteiger partial charge in [0.25, 0.3) is 11.8 Å². The van der Waals surface area contributed by atoms with Crippen LogP contribution in [-0.4, -0.2) is 37.8 Å². The van der Waals surface area contributed by atoms with Gasteiger partial charge >= 0.3 is 0 Å². The van der Waals surface area contributed by atoms with Gasteiger partial charge in [-0.2, -0.15) is 0 Å². The van der Waals surface area contributed by atoms with Crippen LogP contribution in [0.2, 0.25) is 0 Å². The topological polar surface area (TPSA) is 68.1 Å². The monoisotopic (exact) mass is 360 g/mol. The minimum Gasteiger partial charge on any atom is -0.334 e. The number of carbonyl (C=O) groups excluding carboxylic acids is 2. The number of unbranched alkanes of at least 4 members (excludes halogenated alkanes) is 1. The van der Waals surface area contributed by atoms with Gasteiger partial charge < -0.3 is 4.57 Å². The van der Waals surface area contributed by atoms with E-state index >= 15 is 0 Å². The van der Waals surface area contributed by atoms with Crippen LogP contribution in [0.5, 0.6) is 0 Å². The number of amides is 2. The van der Waals surface area contributed by atoms with Crippen molar-refractivity contribution in [1.29, 1.82) is 0 Å². The van der Waals surface area contributed by atoms with Crippen LogP contribution < -0.4 is 0 Å². The van der Waals surface area contributed by atoms with Crippen molar-refractivity contribution in [2.75, 3.05) is 6.54 Å². The zero-order valence-electron chi connectivity index (χ0n) is 15.1. The van der Waals surface area contributed by atoms with Crippen LogP contribution in [0.1, 0.15) is 39.3 Å². The summed E-state index contributed by atoms with van der Waals surface area (Å²) in [4.78, 5) is 34.7. The molecule has 2 aromatic heterocycles. The highest BCUT2D eigenvalue weighted by Gasteiger charge is 2.34. The van der Waals surface area contributed by atoms with Crippen molar-refractivity contribution in [2.45, 2.75) is 26.3 Å². The molecule has 0 bridgehead atoms. The Kier molecular flexibility index (Phi) is 4.54. The fourth-order valence-corrected chi connectivity index (χ4v) is 3.45. The molecule has 0 spiro atoms. The van der Waals surface area contributed by atoms with Crippen molar-refractivity contribution in [3.8, 4) is 11.3 Å². The Balaban J connectivity index is 1.35. The Morgan fingerprint density at radius 2 is 1.63 bits per heavy atom. The highest BCUT2D eigenvalue weighted by molar-refractivity contribution is 6.21. The molecule has 1 aliphatic heterocycles. The van der Waals surface area contributed by atoms with E-state index in [2.05, 4.69) is 14.5 Å². The average molecular weight is 360 g/mol. The maximum absolute atomic E-state index is 12.4. The summed E-state index contributed by atoms with van der Waals surface area (Å²) in [5.41, 5.74) is 4.04. The van der Waals surface area contributed by atoms with E-state index in [0.29, 0.717) is 17.7 Å². The lowest BCUT2D eigenvalue weighted by atomic mass is 10.1. The Bertz CT molecular complexity index is 959. The normalized spacial score (nSPS) is 13.3. The molecule has 0 N–H and O–H groups in total. The van der Waals surface area contributed by atoms with Gasteiger partial charge in [0.1, 0.15) is 0 Å². The lowest BCUT2D eigenvalue weighted by molar-refractivity contribution is 0.0651. The van der Waals surface area contributed by atoms with Crippen LogP contribution in [0.3, 0.4) is 0 Å². The standard InChI is InChI=1S/C21H20N4O2/c1-15-19(16-7-6-10-22-13-16)23-14-24(15)11-4-5-12-25-20(26)17-8-2-3-9-18(17)21(25)27/h2-3,6-10,13-14H,4-5,11-12H2,1H3.